The van der Waals surface area contributed by atoms with Crippen LogP contribution >= 0.6 is 0 Å². The molecule has 0 bridgehead atoms. The molecule has 1 rings (SSSR count). The molecule has 6 nitrogen and oxygen atoms in total. The van der Waals surface area contributed by atoms with E-state index in [1.807, 2.05) is 0 Å². The molecule has 0 aliphatic heterocycles. The van der Waals surface area contributed by atoms with Crippen LogP contribution in [0, 0.1) is 0 Å². The lowest BCUT2D eigenvalue weighted by atomic mass is 10.1. The molecule has 1 amide bonds. The van der Waals surface area contributed by atoms with Gasteiger partial charge in [-0.05, 0) is 17.7 Å². The molecule has 0 aliphatic carbocycles. The van der Waals surface area contributed by atoms with Crippen molar-refractivity contribution in [2.75, 3.05) is 0 Å². The monoisotopic (exact) mass is 211 g/mol. The van der Waals surface area contributed by atoms with Gasteiger partial charge in [0.15, 0.2) is 0 Å². The maximum absolute atomic E-state index is 10.5. The molecule has 0 fully saturated rings. The lowest BCUT2D eigenvalue weighted by molar-refractivity contribution is 0.0693. The summed E-state index contributed by atoms with van der Waals surface area (Å²) >= 11 is 0. The van der Waals surface area contributed by atoms with Crippen LogP contribution in [0.25, 0.3) is 0 Å². The Balaban J connectivity index is 2.82. The predicted octanol–water partition coefficient (Wildman–Crippen LogP) is 0.686. The van der Waals surface area contributed by atoms with Crippen LogP contribution in [-0.4, -0.2) is 22.3 Å². The SMILES string of the molecule is NC(=O)OCc1ccc(C(=O)O)c(O)c1. The number of phenols is 1. The number of carbonyl (C=O) groups is 2. The molecule has 0 aliphatic rings. The predicted molar refractivity (Wildman–Crippen MR) is 49.4 cm³/mol. The van der Waals surface area contributed by atoms with Crippen molar-refractivity contribution in [3.8, 4) is 5.75 Å². The van der Waals surface area contributed by atoms with Crippen LogP contribution in [-0.2, 0) is 11.3 Å². The van der Waals surface area contributed by atoms with Crippen molar-refractivity contribution >= 4 is 12.1 Å². The summed E-state index contributed by atoms with van der Waals surface area (Å²) in [7, 11) is 0. The second-order valence-electron chi connectivity index (χ2n) is 2.76. The molecule has 6 heteroatoms. The van der Waals surface area contributed by atoms with Crippen molar-refractivity contribution in [2.45, 2.75) is 6.61 Å². The summed E-state index contributed by atoms with van der Waals surface area (Å²) < 4.78 is 4.46. The number of aromatic carboxylic acids is 1. The average Bonchev–Trinajstić information content (AvgIpc) is 2.14. The van der Waals surface area contributed by atoms with Crippen LogP contribution < -0.4 is 5.73 Å². The Morgan fingerprint density at radius 3 is 2.53 bits per heavy atom. The normalized spacial score (nSPS) is 9.60. The van der Waals surface area contributed by atoms with Gasteiger partial charge in [-0.2, -0.15) is 0 Å². The molecule has 0 spiro atoms. The molecule has 1 aromatic rings. The Kier molecular flexibility index (Phi) is 3.12. The fraction of sp³-hybridized carbons (Fsp3) is 0.111. The largest absolute Gasteiger partial charge is 0.507 e. The van der Waals surface area contributed by atoms with Gasteiger partial charge in [-0.3, -0.25) is 0 Å². The fourth-order valence-electron chi connectivity index (χ4n) is 1.00. The van der Waals surface area contributed by atoms with Crippen LogP contribution in [0.4, 0.5) is 4.79 Å². The van der Waals surface area contributed by atoms with Crippen molar-refractivity contribution in [1.82, 2.24) is 0 Å². The third-order valence-electron chi connectivity index (χ3n) is 1.67. The number of hydrogen-bond acceptors (Lipinski definition) is 4. The third-order valence-corrected chi connectivity index (χ3v) is 1.67. The number of rotatable bonds is 3. The van der Waals surface area contributed by atoms with Gasteiger partial charge in [-0.15, -0.1) is 0 Å². The molecule has 1 aromatic carbocycles. The van der Waals surface area contributed by atoms with E-state index >= 15 is 0 Å². The van der Waals surface area contributed by atoms with Gasteiger partial charge in [-0.25, -0.2) is 9.59 Å². The molecular formula is C9H9NO5. The van der Waals surface area contributed by atoms with E-state index < -0.39 is 12.1 Å². The number of amides is 1. The average molecular weight is 211 g/mol. The first kappa shape index (κ1) is 10.8. The summed E-state index contributed by atoms with van der Waals surface area (Å²) in [5.41, 5.74) is 4.98. The van der Waals surface area contributed by atoms with Crippen molar-refractivity contribution < 1.29 is 24.5 Å². The highest BCUT2D eigenvalue weighted by Gasteiger charge is 2.09. The van der Waals surface area contributed by atoms with Gasteiger partial charge in [0.05, 0.1) is 0 Å². The van der Waals surface area contributed by atoms with E-state index in [2.05, 4.69) is 4.74 Å². The highest BCUT2D eigenvalue weighted by atomic mass is 16.5. The van der Waals surface area contributed by atoms with Crippen molar-refractivity contribution in [2.24, 2.45) is 5.73 Å². The lowest BCUT2D eigenvalue weighted by Gasteiger charge is -2.04. The van der Waals surface area contributed by atoms with Gasteiger partial charge in [0.2, 0.25) is 0 Å². The summed E-state index contributed by atoms with van der Waals surface area (Å²) in [6.07, 6.45) is -0.934. The summed E-state index contributed by atoms with van der Waals surface area (Å²) in [5.74, 6) is -1.61. The first-order valence-corrected chi connectivity index (χ1v) is 3.98. The highest BCUT2D eigenvalue weighted by Crippen LogP contribution is 2.19. The number of benzene rings is 1. The molecule has 15 heavy (non-hydrogen) atoms. The summed E-state index contributed by atoms with van der Waals surface area (Å²) in [6, 6.07) is 3.84. The molecule has 0 radical (unpaired) electrons. The van der Waals surface area contributed by atoms with E-state index in [1.165, 1.54) is 18.2 Å². The number of primary amides is 1. The second-order valence-corrected chi connectivity index (χ2v) is 2.76. The van der Waals surface area contributed by atoms with E-state index in [4.69, 9.17) is 10.8 Å². The van der Waals surface area contributed by atoms with Crippen molar-refractivity contribution in [1.29, 1.82) is 0 Å². The first-order chi connectivity index (χ1) is 7.00. The van der Waals surface area contributed by atoms with Crippen molar-refractivity contribution in [3.63, 3.8) is 0 Å². The molecule has 80 valence electrons. The van der Waals surface area contributed by atoms with Crippen LogP contribution in [0.5, 0.6) is 5.75 Å². The molecule has 4 N–H and O–H groups in total. The molecule has 0 saturated heterocycles. The van der Waals surface area contributed by atoms with Crippen LogP contribution in [0.2, 0.25) is 0 Å². The zero-order chi connectivity index (χ0) is 11.4. The van der Waals surface area contributed by atoms with Crippen LogP contribution in [0.1, 0.15) is 15.9 Å². The van der Waals surface area contributed by atoms with E-state index in [0.29, 0.717) is 5.56 Å². The quantitative estimate of drug-likeness (QED) is 0.681. The number of carboxylic acids is 1. The summed E-state index contributed by atoms with van der Waals surface area (Å²) in [6.45, 7) is -0.108. The summed E-state index contributed by atoms with van der Waals surface area (Å²) in [4.78, 5) is 20.8. The van der Waals surface area contributed by atoms with E-state index in [0.717, 1.165) is 0 Å². The minimum absolute atomic E-state index is 0.108. The van der Waals surface area contributed by atoms with Crippen LogP contribution in [0.3, 0.4) is 0 Å². The highest BCUT2D eigenvalue weighted by molar-refractivity contribution is 5.90. The first-order valence-electron chi connectivity index (χ1n) is 3.98. The molecular weight excluding hydrogens is 202 g/mol. The van der Waals surface area contributed by atoms with E-state index in [9.17, 15) is 14.7 Å². The maximum Gasteiger partial charge on any atom is 0.404 e. The minimum atomic E-state index is -1.23. The Morgan fingerprint density at radius 1 is 1.40 bits per heavy atom. The zero-order valence-corrected chi connectivity index (χ0v) is 7.64. The third kappa shape index (κ3) is 2.87. The number of aromatic hydroxyl groups is 1. The number of ether oxygens (including phenoxy) is 1. The summed E-state index contributed by atoms with van der Waals surface area (Å²) in [5, 5.41) is 17.9. The van der Waals surface area contributed by atoms with Gasteiger partial charge in [0.1, 0.15) is 17.9 Å². The molecule has 0 aromatic heterocycles. The standard InChI is InChI=1S/C9H9NO5/c10-9(14)15-4-5-1-2-6(8(12)13)7(11)3-5/h1-3,11H,4H2,(H2,10,14)(H,12,13). The topological polar surface area (TPSA) is 110 Å². The zero-order valence-electron chi connectivity index (χ0n) is 7.64. The Morgan fingerprint density at radius 2 is 2.07 bits per heavy atom. The van der Waals surface area contributed by atoms with E-state index in [-0.39, 0.29) is 17.9 Å². The number of hydrogen-bond donors (Lipinski definition) is 3. The number of carboxylic acid groups (broad SMARTS) is 1. The van der Waals surface area contributed by atoms with E-state index in [1.54, 1.807) is 0 Å². The maximum atomic E-state index is 10.5. The van der Waals surface area contributed by atoms with Gasteiger partial charge in [0, 0.05) is 0 Å². The van der Waals surface area contributed by atoms with Gasteiger partial charge in [0.25, 0.3) is 0 Å². The Bertz CT molecular complexity index is 401. The van der Waals surface area contributed by atoms with Gasteiger partial charge >= 0.3 is 12.1 Å². The van der Waals surface area contributed by atoms with Crippen LogP contribution in [0.15, 0.2) is 18.2 Å². The lowest BCUT2D eigenvalue weighted by Crippen LogP contribution is -2.12. The molecule has 0 unspecified atom stereocenters. The minimum Gasteiger partial charge on any atom is -0.507 e. The van der Waals surface area contributed by atoms with Crippen molar-refractivity contribution in [3.05, 3.63) is 29.3 Å². The molecule has 0 saturated carbocycles. The number of nitrogens with two attached hydrogens (primary N) is 1. The number of carbonyl (C=O) groups excluding carboxylic acids is 1. The second kappa shape index (κ2) is 4.32. The van der Waals surface area contributed by atoms with Gasteiger partial charge in [-0.1, -0.05) is 6.07 Å². The fourth-order valence-corrected chi connectivity index (χ4v) is 1.00. The van der Waals surface area contributed by atoms with Gasteiger partial charge < -0.3 is 20.7 Å². The molecule has 0 atom stereocenters. The smallest absolute Gasteiger partial charge is 0.404 e. The Labute approximate surface area is 84.9 Å². The Hall–Kier alpha value is -2.24. The molecule has 0 heterocycles.